The van der Waals surface area contributed by atoms with Crippen LogP contribution in [0.5, 0.6) is 0 Å². The van der Waals surface area contributed by atoms with E-state index in [2.05, 4.69) is 25.6 Å². The summed E-state index contributed by atoms with van der Waals surface area (Å²) in [6, 6.07) is 11.7. The topological polar surface area (TPSA) is 107 Å². The minimum atomic E-state index is -0.682. The van der Waals surface area contributed by atoms with Gasteiger partial charge in [-0.1, -0.05) is 49.6 Å². The molecule has 1 aliphatic rings. The molecule has 0 amide bonds. The number of aliphatic hydroxyl groups excluding tert-OH is 1. The van der Waals surface area contributed by atoms with E-state index < -0.39 is 6.10 Å². The fourth-order valence-corrected chi connectivity index (χ4v) is 2.98. The lowest BCUT2D eigenvalue weighted by Gasteiger charge is -2.22. The fourth-order valence-electron chi connectivity index (χ4n) is 2.98. The van der Waals surface area contributed by atoms with Crippen LogP contribution >= 0.6 is 0 Å². The molecule has 1 aromatic carbocycles. The van der Waals surface area contributed by atoms with Crippen molar-refractivity contribution in [2.75, 3.05) is 17.2 Å². The Kier molecular flexibility index (Phi) is 5.75. The van der Waals surface area contributed by atoms with Crippen molar-refractivity contribution in [2.24, 2.45) is 0 Å². The molecule has 130 valence electrons. The molecule has 7 heteroatoms. The summed E-state index contributed by atoms with van der Waals surface area (Å²) in [6.07, 6.45) is 5.15. The van der Waals surface area contributed by atoms with Gasteiger partial charge in [-0.2, -0.15) is 20.2 Å². The summed E-state index contributed by atoms with van der Waals surface area (Å²) < 4.78 is 0. The van der Waals surface area contributed by atoms with Gasteiger partial charge in [-0.15, -0.1) is 0 Å². The van der Waals surface area contributed by atoms with Crippen molar-refractivity contribution in [1.82, 2.24) is 15.0 Å². The third kappa shape index (κ3) is 4.88. The number of nitriles is 1. The van der Waals surface area contributed by atoms with E-state index in [9.17, 15) is 5.11 Å². The smallest absolute Gasteiger partial charge is 0.238 e. The van der Waals surface area contributed by atoms with E-state index >= 15 is 0 Å². The Balaban J connectivity index is 1.66. The molecule has 0 unspecified atom stereocenters. The van der Waals surface area contributed by atoms with Crippen molar-refractivity contribution < 1.29 is 5.11 Å². The molecule has 25 heavy (non-hydrogen) atoms. The normalized spacial score (nSPS) is 16.0. The van der Waals surface area contributed by atoms with Gasteiger partial charge in [0.2, 0.25) is 17.7 Å². The minimum Gasteiger partial charge on any atom is -0.387 e. The monoisotopic (exact) mass is 338 g/mol. The Morgan fingerprint density at radius 1 is 1.08 bits per heavy atom. The predicted octanol–water partition coefficient (Wildman–Crippen LogP) is 2.63. The first-order chi connectivity index (χ1) is 12.2. The highest BCUT2D eigenvalue weighted by Crippen LogP contribution is 2.20. The Hall–Kier alpha value is -2.72. The second-order valence-electron chi connectivity index (χ2n) is 6.20. The predicted molar refractivity (Wildman–Crippen MR) is 94.9 cm³/mol. The van der Waals surface area contributed by atoms with Crippen molar-refractivity contribution in [3.05, 3.63) is 41.7 Å². The second kappa shape index (κ2) is 8.40. The van der Waals surface area contributed by atoms with Crippen LogP contribution in [0, 0.1) is 11.3 Å². The van der Waals surface area contributed by atoms with Crippen LogP contribution in [0.15, 0.2) is 30.3 Å². The molecule has 1 atom stereocenters. The molecule has 1 aliphatic carbocycles. The van der Waals surface area contributed by atoms with Gasteiger partial charge in [-0.25, -0.2) is 0 Å². The Morgan fingerprint density at radius 3 is 2.52 bits per heavy atom. The lowest BCUT2D eigenvalue weighted by atomic mass is 9.96. The lowest BCUT2D eigenvalue weighted by Crippen LogP contribution is -2.24. The first-order valence-corrected chi connectivity index (χ1v) is 8.64. The Labute approximate surface area is 147 Å². The quantitative estimate of drug-likeness (QED) is 0.743. The highest BCUT2D eigenvalue weighted by molar-refractivity contribution is 5.38. The van der Waals surface area contributed by atoms with Crippen molar-refractivity contribution in [2.45, 2.75) is 44.2 Å². The number of aromatic nitrogens is 3. The van der Waals surface area contributed by atoms with Crippen molar-refractivity contribution in [1.29, 1.82) is 5.26 Å². The summed E-state index contributed by atoms with van der Waals surface area (Å²) in [6.45, 7) is 0.252. The van der Waals surface area contributed by atoms with Crippen LogP contribution in [-0.4, -0.2) is 32.6 Å². The van der Waals surface area contributed by atoms with E-state index in [1.165, 1.54) is 19.3 Å². The van der Waals surface area contributed by atoms with Crippen LogP contribution < -0.4 is 10.6 Å². The molecule has 1 heterocycles. The molecular weight excluding hydrogens is 316 g/mol. The molecule has 1 fully saturated rings. The number of anilines is 2. The van der Waals surface area contributed by atoms with E-state index in [4.69, 9.17) is 5.26 Å². The lowest BCUT2D eigenvalue weighted by molar-refractivity contribution is 0.191. The number of aliphatic hydroxyl groups is 1. The summed E-state index contributed by atoms with van der Waals surface area (Å²) in [7, 11) is 0. The molecule has 0 radical (unpaired) electrons. The highest BCUT2D eigenvalue weighted by atomic mass is 16.3. The van der Waals surface area contributed by atoms with Gasteiger partial charge in [-0.05, 0) is 18.4 Å². The molecule has 0 aliphatic heterocycles. The third-order valence-electron chi connectivity index (χ3n) is 4.31. The molecule has 1 aromatic heterocycles. The van der Waals surface area contributed by atoms with Gasteiger partial charge in [0.25, 0.3) is 0 Å². The Bertz CT molecular complexity index is 724. The number of rotatable bonds is 6. The molecule has 2 aromatic rings. The van der Waals surface area contributed by atoms with E-state index in [1.54, 1.807) is 0 Å². The van der Waals surface area contributed by atoms with Crippen LogP contribution in [0.3, 0.4) is 0 Å². The van der Waals surface area contributed by atoms with Crippen LogP contribution in [-0.2, 0) is 0 Å². The second-order valence-corrected chi connectivity index (χ2v) is 6.20. The van der Waals surface area contributed by atoms with E-state index in [-0.39, 0.29) is 12.4 Å². The maximum Gasteiger partial charge on any atom is 0.238 e. The van der Waals surface area contributed by atoms with Gasteiger partial charge in [-0.3, -0.25) is 0 Å². The van der Waals surface area contributed by atoms with Crippen LogP contribution in [0.4, 0.5) is 11.9 Å². The molecular formula is C18H22N6O. The summed E-state index contributed by atoms with van der Waals surface area (Å²) in [5.74, 6) is 0.764. The van der Waals surface area contributed by atoms with Crippen molar-refractivity contribution in [3.8, 4) is 6.07 Å². The van der Waals surface area contributed by atoms with Crippen molar-refractivity contribution >= 4 is 11.9 Å². The van der Waals surface area contributed by atoms with E-state index in [1.807, 2.05) is 36.4 Å². The standard InChI is InChI=1S/C18H22N6O/c19-11-16-22-17(20-12-15(25)13-7-3-1-4-8-13)24-18(23-16)21-14-9-5-2-6-10-14/h1,3-4,7-8,14-15,25H,2,5-6,9-10,12H2,(H2,20,21,22,23,24)/t15-/m0/s1. The molecule has 3 rings (SSSR count). The third-order valence-corrected chi connectivity index (χ3v) is 4.31. The van der Waals surface area contributed by atoms with Crippen molar-refractivity contribution in [3.63, 3.8) is 0 Å². The van der Waals surface area contributed by atoms with Gasteiger partial charge in [0.1, 0.15) is 6.07 Å². The maximum absolute atomic E-state index is 10.2. The fraction of sp³-hybridized carbons (Fsp3) is 0.444. The largest absolute Gasteiger partial charge is 0.387 e. The number of hydrogen-bond acceptors (Lipinski definition) is 7. The van der Waals surface area contributed by atoms with Gasteiger partial charge in [0, 0.05) is 12.6 Å². The number of nitrogens with zero attached hydrogens (tertiary/aromatic N) is 4. The van der Waals surface area contributed by atoms with Gasteiger partial charge in [0.05, 0.1) is 6.10 Å². The maximum atomic E-state index is 10.2. The average molecular weight is 338 g/mol. The first-order valence-electron chi connectivity index (χ1n) is 8.64. The minimum absolute atomic E-state index is 0.0602. The SMILES string of the molecule is N#Cc1nc(NC[C@H](O)c2ccccc2)nc(NC2CCCCC2)n1. The highest BCUT2D eigenvalue weighted by Gasteiger charge is 2.16. The summed E-state index contributed by atoms with van der Waals surface area (Å²) in [4.78, 5) is 12.5. The van der Waals surface area contributed by atoms with Crippen LogP contribution in [0.2, 0.25) is 0 Å². The van der Waals surface area contributed by atoms with Gasteiger partial charge in [0.15, 0.2) is 0 Å². The first kappa shape index (κ1) is 17.1. The molecule has 0 bridgehead atoms. The van der Waals surface area contributed by atoms with Gasteiger partial charge >= 0.3 is 0 Å². The summed E-state index contributed by atoms with van der Waals surface area (Å²) >= 11 is 0. The molecule has 7 nitrogen and oxygen atoms in total. The molecule has 3 N–H and O–H groups in total. The summed E-state index contributed by atoms with van der Waals surface area (Å²) in [5, 5.41) is 25.7. The molecule has 0 saturated heterocycles. The zero-order valence-corrected chi connectivity index (χ0v) is 14.0. The van der Waals surface area contributed by atoms with Crippen LogP contribution in [0.1, 0.15) is 49.6 Å². The Morgan fingerprint density at radius 2 is 1.80 bits per heavy atom. The molecule has 0 spiro atoms. The van der Waals surface area contributed by atoms with E-state index in [0.29, 0.717) is 17.9 Å². The van der Waals surface area contributed by atoms with Gasteiger partial charge < -0.3 is 15.7 Å². The molecule has 1 saturated carbocycles. The zero-order valence-electron chi connectivity index (χ0n) is 14.0. The number of benzene rings is 1. The average Bonchev–Trinajstić information content (AvgIpc) is 2.67. The van der Waals surface area contributed by atoms with Crippen LogP contribution in [0.25, 0.3) is 0 Å². The zero-order chi connectivity index (χ0) is 17.5. The number of hydrogen-bond donors (Lipinski definition) is 3. The summed E-state index contributed by atoms with van der Waals surface area (Å²) in [5.41, 5.74) is 0.810. The number of nitrogens with one attached hydrogen (secondary N) is 2. The van der Waals surface area contributed by atoms with E-state index in [0.717, 1.165) is 18.4 Å².